The number of carbonyl (C=O) groups excluding carboxylic acids is 1. The van der Waals surface area contributed by atoms with Crippen molar-refractivity contribution >= 4 is 34.2 Å². The van der Waals surface area contributed by atoms with Crippen LogP contribution in [0, 0.1) is 5.41 Å². The molecule has 1 aliphatic carbocycles. The third-order valence-electron chi connectivity index (χ3n) is 6.44. The van der Waals surface area contributed by atoms with Crippen LogP contribution in [0.4, 0.5) is 5.69 Å². The number of amides is 1. The van der Waals surface area contributed by atoms with Crippen molar-refractivity contribution in [1.82, 2.24) is 10.3 Å². The molecule has 2 N–H and O–H groups in total. The predicted molar refractivity (Wildman–Crippen MR) is 132 cm³/mol. The predicted octanol–water partition coefficient (Wildman–Crippen LogP) is 5.46. The van der Waals surface area contributed by atoms with Gasteiger partial charge in [-0.15, -0.1) is 0 Å². The number of nitrogens with zero attached hydrogens (tertiary/aromatic N) is 2. The molecule has 1 saturated carbocycles. The summed E-state index contributed by atoms with van der Waals surface area (Å²) in [5.41, 5.74) is 3.42. The Kier molecular flexibility index (Phi) is 5.58. The van der Waals surface area contributed by atoms with Gasteiger partial charge in [-0.05, 0) is 62.3 Å². The summed E-state index contributed by atoms with van der Waals surface area (Å²) in [4.78, 5) is 18.9. The molecule has 6 heteroatoms. The Morgan fingerprint density at radius 2 is 2.00 bits per heavy atom. The average molecular weight is 441 g/mol. The van der Waals surface area contributed by atoms with Crippen LogP contribution in [0.1, 0.15) is 44.2 Å². The standard InChI is InChI=1S/C27H28N4O2/c1-17-7-10-24-25(31(17)18(2)32)12-11-22(20(15-28)16-30-21-8-9-21)26(24)33-27-23-6-4-3-5-19(23)13-14-29-27/h3-6,11-17,21,28,30H,7-10H2,1-2H3/b20-16+,28-15?/t17-/m0/s1. The van der Waals surface area contributed by atoms with Crippen LogP contribution in [0.2, 0.25) is 0 Å². The van der Waals surface area contributed by atoms with Crippen LogP contribution in [0.3, 0.4) is 0 Å². The molecule has 2 heterocycles. The number of ether oxygens (including phenoxy) is 1. The second-order valence-corrected chi connectivity index (χ2v) is 8.84. The van der Waals surface area contributed by atoms with Gasteiger partial charge in [0.2, 0.25) is 11.8 Å². The molecule has 5 rings (SSSR count). The van der Waals surface area contributed by atoms with Gasteiger partial charge in [0.1, 0.15) is 5.75 Å². The number of fused-ring (bicyclic) bond motifs is 2. The largest absolute Gasteiger partial charge is 0.437 e. The minimum Gasteiger partial charge on any atom is -0.437 e. The maximum absolute atomic E-state index is 12.5. The lowest BCUT2D eigenvalue weighted by molar-refractivity contribution is -0.117. The fourth-order valence-electron chi connectivity index (χ4n) is 4.55. The minimum atomic E-state index is 0.0173. The molecule has 33 heavy (non-hydrogen) atoms. The lowest BCUT2D eigenvalue weighted by Crippen LogP contribution is -2.40. The molecule has 0 spiro atoms. The van der Waals surface area contributed by atoms with E-state index < -0.39 is 0 Å². The topological polar surface area (TPSA) is 78.3 Å². The summed E-state index contributed by atoms with van der Waals surface area (Å²) in [5.74, 6) is 1.21. The summed E-state index contributed by atoms with van der Waals surface area (Å²) in [6.07, 6.45) is 8.95. The van der Waals surface area contributed by atoms with Crippen molar-refractivity contribution in [2.45, 2.75) is 51.6 Å². The minimum absolute atomic E-state index is 0.0173. The highest BCUT2D eigenvalue weighted by atomic mass is 16.5. The van der Waals surface area contributed by atoms with Crippen molar-refractivity contribution in [3.8, 4) is 11.6 Å². The van der Waals surface area contributed by atoms with Crippen molar-refractivity contribution in [3.05, 3.63) is 66.0 Å². The van der Waals surface area contributed by atoms with Crippen molar-refractivity contribution in [2.24, 2.45) is 0 Å². The van der Waals surface area contributed by atoms with Gasteiger partial charge >= 0.3 is 0 Å². The number of aromatic nitrogens is 1. The van der Waals surface area contributed by atoms with E-state index in [1.807, 2.05) is 53.6 Å². The number of hydrogen-bond donors (Lipinski definition) is 2. The third kappa shape index (κ3) is 4.09. The van der Waals surface area contributed by atoms with Gasteiger partial charge in [0, 0.05) is 59.7 Å². The second-order valence-electron chi connectivity index (χ2n) is 8.84. The first-order chi connectivity index (χ1) is 16.1. The molecule has 1 amide bonds. The number of rotatable bonds is 6. The Morgan fingerprint density at radius 1 is 1.18 bits per heavy atom. The third-order valence-corrected chi connectivity index (χ3v) is 6.44. The lowest BCUT2D eigenvalue weighted by Gasteiger charge is -2.36. The Labute approximate surface area is 193 Å². The molecule has 0 radical (unpaired) electrons. The molecule has 1 atom stereocenters. The number of allylic oxidation sites excluding steroid dienone is 1. The number of nitrogens with one attached hydrogen (secondary N) is 2. The van der Waals surface area contributed by atoms with Crippen molar-refractivity contribution in [2.75, 3.05) is 4.90 Å². The first kappa shape index (κ1) is 21.2. The number of hydrogen-bond acceptors (Lipinski definition) is 5. The van der Waals surface area contributed by atoms with Gasteiger partial charge in [0.05, 0.1) is 5.69 Å². The molecule has 0 saturated heterocycles. The van der Waals surface area contributed by atoms with Gasteiger partial charge in [-0.1, -0.05) is 18.2 Å². The smallest absolute Gasteiger partial charge is 0.227 e. The van der Waals surface area contributed by atoms with Gasteiger partial charge < -0.3 is 20.4 Å². The maximum Gasteiger partial charge on any atom is 0.227 e. The Bertz CT molecular complexity index is 1260. The zero-order valence-corrected chi connectivity index (χ0v) is 19.0. The van der Waals surface area contributed by atoms with Crippen LogP contribution in [0.25, 0.3) is 16.3 Å². The van der Waals surface area contributed by atoms with Crippen molar-refractivity contribution in [3.63, 3.8) is 0 Å². The van der Waals surface area contributed by atoms with E-state index in [2.05, 4.69) is 17.2 Å². The zero-order valence-electron chi connectivity index (χ0n) is 19.0. The summed E-state index contributed by atoms with van der Waals surface area (Å²) >= 11 is 0. The zero-order chi connectivity index (χ0) is 22.9. The fourth-order valence-corrected chi connectivity index (χ4v) is 4.55. The van der Waals surface area contributed by atoms with Crippen molar-refractivity contribution < 1.29 is 9.53 Å². The van der Waals surface area contributed by atoms with Gasteiger partial charge in [-0.25, -0.2) is 4.98 Å². The quantitative estimate of drug-likeness (QED) is 0.499. The van der Waals surface area contributed by atoms with Crippen LogP contribution in [0.15, 0.2) is 54.9 Å². The Balaban J connectivity index is 1.68. The molecular weight excluding hydrogens is 412 g/mol. The number of anilines is 1. The summed E-state index contributed by atoms with van der Waals surface area (Å²) in [6, 6.07) is 14.5. The summed E-state index contributed by atoms with van der Waals surface area (Å²) in [7, 11) is 0. The monoisotopic (exact) mass is 440 g/mol. The molecular formula is C27H28N4O2. The van der Waals surface area contributed by atoms with Gasteiger partial charge in [-0.2, -0.15) is 0 Å². The SMILES string of the molecule is CC(=O)N1c2ccc(/C(C=N)=C/NC3CC3)c(Oc3nccc4ccccc34)c2CC[C@@H]1C. The van der Waals surface area contributed by atoms with Crippen LogP contribution in [0.5, 0.6) is 11.6 Å². The van der Waals surface area contributed by atoms with E-state index in [0.717, 1.165) is 58.8 Å². The van der Waals surface area contributed by atoms with E-state index in [4.69, 9.17) is 10.1 Å². The molecule has 1 fully saturated rings. The molecule has 2 aliphatic rings. The van der Waals surface area contributed by atoms with Crippen LogP contribution >= 0.6 is 0 Å². The summed E-state index contributed by atoms with van der Waals surface area (Å²) in [6.45, 7) is 3.68. The lowest BCUT2D eigenvalue weighted by atomic mass is 9.91. The van der Waals surface area contributed by atoms with E-state index in [1.165, 1.54) is 6.21 Å². The van der Waals surface area contributed by atoms with Gasteiger partial charge in [-0.3, -0.25) is 4.79 Å². The molecule has 1 aromatic heterocycles. The Hall–Kier alpha value is -3.67. The summed E-state index contributed by atoms with van der Waals surface area (Å²) in [5, 5.41) is 13.4. The molecule has 6 nitrogen and oxygen atoms in total. The molecule has 0 unspecified atom stereocenters. The fraction of sp³-hybridized carbons (Fsp3) is 0.296. The highest BCUT2D eigenvalue weighted by Crippen LogP contribution is 2.43. The molecule has 1 aliphatic heterocycles. The molecule has 0 bridgehead atoms. The Morgan fingerprint density at radius 3 is 2.76 bits per heavy atom. The average Bonchev–Trinajstić information content (AvgIpc) is 3.64. The van der Waals surface area contributed by atoms with Crippen molar-refractivity contribution in [1.29, 1.82) is 5.41 Å². The molecule has 2 aromatic carbocycles. The highest BCUT2D eigenvalue weighted by Gasteiger charge is 2.30. The number of carbonyl (C=O) groups is 1. The van der Waals surface area contributed by atoms with Gasteiger partial charge in [0.25, 0.3) is 0 Å². The van der Waals surface area contributed by atoms with E-state index in [0.29, 0.717) is 17.7 Å². The van der Waals surface area contributed by atoms with Gasteiger partial charge in [0.15, 0.2) is 0 Å². The first-order valence-corrected chi connectivity index (χ1v) is 11.5. The van der Waals surface area contributed by atoms with E-state index in [-0.39, 0.29) is 11.9 Å². The normalized spacial score (nSPS) is 18.1. The van der Waals surface area contributed by atoms with Crippen LogP contribution in [-0.2, 0) is 11.2 Å². The number of pyridine rings is 1. The molecule has 3 aromatic rings. The van der Waals surface area contributed by atoms with Crippen LogP contribution < -0.4 is 15.0 Å². The van der Waals surface area contributed by atoms with Crippen LogP contribution in [-0.4, -0.2) is 29.2 Å². The second kappa shape index (κ2) is 8.70. The van der Waals surface area contributed by atoms with E-state index >= 15 is 0 Å². The maximum atomic E-state index is 12.5. The van der Waals surface area contributed by atoms with E-state index in [1.54, 1.807) is 13.1 Å². The summed E-state index contributed by atoms with van der Waals surface area (Å²) < 4.78 is 6.57. The molecule has 168 valence electrons. The van der Waals surface area contributed by atoms with E-state index in [9.17, 15) is 4.79 Å². The number of benzene rings is 2. The first-order valence-electron chi connectivity index (χ1n) is 11.5. The highest BCUT2D eigenvalue weighted by molar-refractivity contribution is 6.10.